The van der Waals surface area contributed by atoms with Gasteiger partial charge in [-0.1, -0.05) is 24.3 Å². The Bertz CT molecular complexity index is 1250. The Balaban J connectivity index is 1.49. The molecule has 6 heteroatoms. The normalized spacial score (nSPS) is 10.6. The van der Waals surface area contributed by atoms with Gasteiger partial charge in [0.05, 0.1) is 19.8 Å². The minimum atomic E-state index is -0.227. The lowest BCUT2D eigenvalue weighted by atomic mass is 10.0. The molecule has 0 radical (unpaired) electrons. The van der Waals surface area contributed by atoms with E-state index in [-0.39, 0.29) is 18.2 Å². The van der Waals surface area contributed by atoms with Crippen molar-refractivity contribution in [2.45, 2.75) is 13.3 Å². The first-order valence-corrected chi connectivity index (χ1v) is 9.85. The predicted octanol–water partition coefficient (Wildman–Crippen LogP) is 5.18. The Morgan fingerprint density at radius 1 is 0.968 bits per heavy atom. The van der Waals surface area contributed by atoms with Crippen molar-refractivity contribution in [1.82, 2.24) is 0 Å². The lowest BCUT2D eigenvalue weighted by Crippen LogP contribution is -2.18. The van der Waals surface area contributed by atoms with Gasteiger partial charge in [0.25, 0.3) is 5.91 Å². The average Bonchev–Trinajstić information content (AvgIpc) is 3.17. The van der Waals surface area contributed by atoms with Gasteiger partial charge in [-0.3, -0.25) is 9.59 Å². The fourth-order valence-corrected chi connectivity index (χ4v) is 3.43. The molecule has 31 heavy (non-hydrogen) atoms. The summed E-state index contributed by atoms with van der Waals surface area (Å²) in [5, 5.41) is 6.65. The third-order valence-electron chi connectivity index (χ3n) is 5.10. The number of hydrogen-bond acceptors (Lipinski definition) is 4. The minimum absolute atomic E-state index is 0.152. The summed E-state index contributed by atoms with van der Waals surface area (Å²) in [5.41, 5.74) is 3.96. The first-order chi connectivity index (χ1) is 15.0. The van der Waals surface area contributed by atoms with E-state index < -0.39 is 0 Å². The molecule has 0 unspecified atom stereocenters. The summed E-state index contributed by atoms with van der Waals surface area (Å²) in [6, 6.07) is 20.0. The van der Waals surface area contributed by atoms with Crippen molar-refractivity contribution in [1.29, 1.82) is 0 Å². The highest BCUT2D eigenvalue weighted by atomic mass is 16.5. The van der Waals surface area contributed by atoms with Crippen LogP contribution in [0.5, 0.6) is 5.75 Å². The van der Waals surface area contributed by atoms with Gasteiger partial charge in [0.15, 0.2) is 0 Å². The molecule has 1 aromatic heterocycles. The fraction of sp³-hybridized carbons (Fsp3) is 0.120. The standard InChI is InChI=1S/C25H22N2O4/c1-16-20(25(29)26-18-7-4-3-5-8-18)9-6-10-22(16)27-24(28)13-17-15-31-23-14-19(30-2)11-12-21(17)23/h3-12,14-15H,13H2,1-2H3,(H,26,29)(H,27,28). The van der Waals surface area contributed by atoms with Crippen LogP contribution in [0.4, 0.5) is 11.4 Å². The highest BCUT2D eigenvalue weighted by Gasteiger charge is 2.15. The van der Waals surface area contributed by atoms with Gasteiger partial charge < -0.3 is 19.8 Å². The second-order valence-electron chi connectivity index (χ2n) is 7.15. The zero-order chi connectivity index (χ0) is 21.8. The molecule has 2 amide bonds. The number of nitrogens with one attached hydrogen (secondary N) is 2. The smallest absolute Gasteiger partial charge is 0.256 e. The van der Waals surface area contributed by atoms with Crippen molar-refractivity contribution in [3.05, 3.63) is 89.7 Å². The molecule has 0 aliphatic rings. The summed E-state index contributed by atoms with van der Waals surface area (Å²) in [5.74, 6) is 0.274. The first-order valence-electron chi connectivity index (χ1n) is 9.85. The van der Waals surface area contributed by atoms with E-state index >= 15 is 0 Å². The summed E-state index contributed by atoms with van der Waals surface area (Å²) < 4.78 is 10.8. The number of anilines is 2. The Morgan fingerprint density at radius 3 is 2.55 bits per heavy atom. The lowest BCUT2D eigenvalue weighted by molar-refractivity contribution is -0.115. The number of ether oxygens (including phenoxy) is 1. The van der Waals surface area contributed by atoms with E-state index in [9.17, 15) is 9.59 Å². The van der Waals surface area contributed by atoms with E-state index in [1.165, 1.54) is 0 Å². The Hall–Kier alpha value is -4.06. The van der Waals surface area contributed by atoms with Gasteiger partial charge >= 0.3 is 0 Å². The van der Waals surface area contributed by atoms with Crippen LogP contribution in [0, 0.1) is 6.92 Å². The summed E-state index contributed by atoms with van der Waals surface area (Å²) in [4.78, 5) is 25.4. The number of hydrogen-bond donors (Lipinski definition) is 2. The molecular weight excluding hydrogens is 392 g/mol. The number of fused-ring (bicyclic) bond motifs is 1. The van der Waals surface area contributed by atoms with Crippen LogP contribution in [0.15, 0.2) is 77.4 Å². The molecular formula is C25H22N2O4. The van der Waals surface area contributed by atoms with Gasteiger partial charge in [0.2, 0.25) is 5.91 Å². The zero-order valence-corrected chi connectivity index (χ0v) is 17.3. The summed E-state index contributed by atoms with van der Waals surface area (Å²) in [7, 11) is 1.59. The van der Waals surface area contributed by atoms with E-state index in [4.69, 9.17) is 9.15 Å². The molecule has 0 saturated carbocycles. The minimum Gasteiger partial charge on any atom is -0.497 e. The number of benzene rings is 3. The molecule has 0 aliphatic heterocycles. The number of para-hydroxylation sites is 1. The van der Waals surface area contributed by atoms with Crippen molar-refractivity contribution in [3.63, 3.8) is 0 Å². The predicted molar refractivity (Wildman–Crippen MR) is 121 cm³/mol. The molecule has 2 N–H and O–H groups in total. The van der Waals surface area contributed by atoms with Gasteiger partial charge in [0.1, 0.15) is 11.3 Å². The Morgan fingerprint density at radius 2 is 1.77 bits per heavy atom. The Labute approximate surface area is 179 Å². The summed E-state index contributed by atoms with van der Waals surface area (Å²) >= 11 is 0. The van der Waals surface area contributed by atoms with E-state index in [1.807, 2.05) is 49.4 Å². The molecule has 0 saturated heterocycles. The van der Waals surface area contributed by atoms with Crippen molar-refractivity contribution in [2.75, 3.05) is 17.7 Å². The largest absolute Gasteiger partial charge is 0.497 e. The molecule has 0 aliphatic carbocycles. The zero-order valence-electron chi connectivity index (χ0n) is 17.3. The van der Waals surface area contributed by atoms with Gasteiger partial charge in [-0.05, 0) is 48.9 Å². The highest BCUT2D eigenvalue weighted by molar-refractivity contribution is 6.07. The number of methoxy groups -OCH3 is 1. The summed E-state index contributed by atoms with van der Waals surface area (Å²) in [6.45, 7) is 1.81. The van der Waals surface area contributed by atoms with Crippen LogP contribution < -0.4 is 15.4 Å². The van der Waals surface area contributed by atoms with Crippen molar-refractivity contribution in [3.8, 4) is 5.75 Å². The van der Waals surface area contributed by atoms with Gasteiger partial charge in [0, 0.05) is 34.0 Å². The highest BCUT2D eigenvalue weighted by Crippen LogP contribution is 2.26. The molecule has 156 valence electrons. The second-order valence-corrected chi connectivity index (χ2v) is 7.15. The second kappa shape index (κ2) is 8.75. The van der Waals surface area contributed by atoms with Gasteiger partial charge in [-0.15, -0.1) is 0 Å². The number of carbonyl (C=O) groups is 2. The van der Waals surface area contributed by atoms with Crippen LogP contribution in [-0.2, 0) is 11.2 Å². The van der Waals surface area contributed by atoms with Crippen molar-refractivity contribution < 1.29 is 18.7 Å². The van der Waals surface area contributed by atoms with Crippen LogP contribution in [-0.4, -0.2) is 18.9 Å². The number of furan rings is 1. The Kier molecular flexibility index (Phi) is 5.71. The molecule has 6 nitrogen and oxygen atoms in total. The summed E-state index contributed by atoms with van der Waals surface area (Å²) in [6.07, 6.45) is 1.74. The topological polar surface area (TPSA) is 80.6 Å². The average molecular weight is 414 g/mol. The monoisotopic (exact) mass is 414 g/mol. The number of rotatable bonds is 6. The van der Waals surface area contributed by atoms with Gasteiger partial charge in [-0.2, -0.15) is 0 Å². The lowest BCUT2D eigenvalue weighted by Gasteiger charge is -2.13. The molecule has 4 aromatic rings. The molecule has 0 bridgehead atoms. The third kappa shape index (κ3) is 4.43. The quantitative estimate of drug-likeness (QED) is 0.455. The van der Waals surface area contributed by atoms with Crippen molar-refractivity contribution in [2.24, 2.45) is 0 Å². The molecule has 0 fully saturated rings. The van der Waals surface area contributed by atoms with E-state index in [2.05, 4.69) is 10.6 Å². The SMILES string of the molecule is COc1ccc2c(CC(=O)Nc3cccc(C(=O)Nc4ccccc4)c3C)coc2c1. The maximum atomic E-state index is 12.7. The molecule has 3 aromatic carbocycles. The maximum Gasteiger partial charge on any atom is 0.256 e. The maximum absolute atomic E-state index is 12.7. The number of carbonyl (C=O) groups excluding carboxylic acids is 2. The molecule has 1 heterocycles. The van der Waals surface area contributed by atoms with Crippen LogP contribution in [0.2, 0.25) is 0 Å². The van der Waals surface area contributed by atoms with Crippen molar-refractivity contribution >= 4 is 34.2 Å². The van der Waals surface area contributed by atoms with Gasteiger partial charge in [-0.25, -0.2) is 0 Å². The molecule has 4 rings (SSSR count). The van der Waals surface area contributed by atoms with E-state index in [0.29, 0.717) is 33.8 Å². The number of amides is 2. The van der Waals surface area contributed by atoms with Crippen LogP contribution in [0.3, 0.4) is 0 Å². The molecule has 0 spiro atoms. The van der Waals surface area contributed by atoms with Crippen LogP contribution >= 0.6 is 0 Å². The van der Waals surface area contributed by atoms with E-state index in [1.54, 1.807) is 37.6 Å². The fourth-order valence-electron chi connectivity index (χ4n) is 3.43. The van der Waals surface area contributed by atoms with Crippen LogP contribution in [0.25, 0.3) is 11.0 Å². The molecule has 0 atom stereocenters. The van der Waals surface area contributed by atoms with E-state index in [0.717, 1.165) is 10.9 Å². The third-order valence-corrected chi connectivity index (χ3v) is 5.10. The van der Waals surface area contributed by atoms with Crippen LogP contribution in [0.1, 0.15) is 21.5 Å². The first kappa shape index (κ1) is 20.2.